The zero-order valence-electron chi connectivity index (χ0n) is 12.4. The van der Waals surface area contributed by atoms with Crippen LogP contribution in [-0.2, 0) is 6.54 Å². The van der Waals surface area contributed by atoms with Gasteiger partial charge in [0.2, 0.25) is 0 Å². The van der Waals surface area contributed by atoms with Crippen LogP contribution in [0.5, 0.6) is 0 Å². The summed E-state index contributed by atoms with van der Waals surface area (Å²) in [6.45, 7) is 4.32. The van der Waals surface area contributed by atoms with Gasteiger partial charge in [0.05, 0.1) is 0 Å². The van der Waals surface area contributed by atoms with Gasteiger partial charge in [-0.1, -0.05) is 55.5 Å². The number of benzene rings is 2. The fraction of sp³-hybridized carbons (Fsp3) is 0.263. The van der Waals surface area contributed by atoms with Crippen molar-refractivity contribution < 1.29 is 0 Å². The standard InChI is InChI=1S/C19H21NS/c1-15(16-7-3-2-4-8-16)11-12-20-13-17-14-21-19-10-6-5-9-18(17)19/h2-10,14-15,20H,11-13H2,1H3. The zero-order chi connectivity index (χ0) is 14.5. The Morgan fingerprint density at radius 2 is 1.76 bits per heavy atom. The average molecular weight is 295 g/mol. The molecule has 1 aromatic heterocycles. The Bertz CT molecular complexity index is 687. The summed E-state index contributed by atoms with van der Waals surface area (Å²) in [5, 5.41) is 7.26. The molecule has 0 saturated heterocycles. The van der Waals surface area contributed by atoms with E-state index in [-0.39, 0.29) is 0 Å². The summed E-state index contributed by atoms with van der Waals surface area (Å²) in [6, 6.07) is 19.4. The van der Waals surface area contributed by atoms with Crippen molar-refractivity contribution in [2.45, 2.75) is 25.8 Å². The second kappa shape index (κ2) is 6.88. The van der Waals surface area contributed by atoms with E-state index in [1.165, 1.54) is 27.6 Å². The summed E-state index contributed by atoms with van der Waals surface area (Å²) >= 11 is 1.84. The van der Waals surface area contributed by atoms with Crippen molar-refractivity contribution in [1.29, 1.82) is 0 Å². The Hall–Kier alpha value is -1.64. The minimum atomic E-state index is 0.609. The lowest BCUT2D eigenvalue weighted by molar-refractivity contribution is 0.596. The minimum Gasteiger partial charge on any atom is -0.313 e. The molecule has 2 heteroatoms. The molecular formula is C19H21NS. The van der Waals surface area contributed by atoms with Crippen LogP contribution in [0.4, 0.5) is 0 Å². The molecule has 0 radical (unpaired) electrons. The molecule has 0 amide bonds. The predicted octanol–water partition coefficient (Wildman–Crippen LogP) is 5.18. The van der Waals surface area contributed by atoms with Gasteiger partial charge in [-0.3, -0.25) is 0 Å². The maximum Gasteiger partial charge on any atom is 0.0346 e. The molecule has 108 valence electrons. The van der Waals surface area contributed by atoms with E-state index in [2.05, 4.69) is 72.2 Å². The molecule has 21 heavy (non-hydrogen) atoms. The van der Waals surface area contributed by atoms with Gasteiger partial charge < -0.3 is 5.32 Å². The lowest BCUT2D eigenvalue weighted by Crippen LogP contribution is -2.16. The van der Waals surface area contributed by atoms with E-state index in [4.69, 9.17) is 0 Å². The van der Waals surface area contributed by atoms with Crippen molar-refractivity contribution in [2.75, 3.05) is 6.54 Å². The highest BCUT2D eigenvalue weighted by molar-refractivity contribution is 7.17. The van der Waals surface area contributed by atoms with Crippen LogP contribution < -0.4 is 5.32 Å². The Kier molecular flexibility index (Phi) is 4.69. The third kappa shape index (κ3) is 3.52. The highest BCUT2D eigenvalue weighted by Gasteiger charge is 2.05. The van der Waals surface area contributed by atoms with Crippen LogP contribution >= 0.6 is 11.3 Å². The van der Waals surface area contributed by atoms with Crippen molar-refractivity contribution in [1.82, 2.24) is 5.32 Å². The summed E-state index contributed by atoms with van der Waals surface area (Å²) in [5.41, 5.74) is 2.85. The van der Waals surface area contributed by atoms with Gasteiger partial charge >= 0.3 is 0 Å². The van der Waals surface area contributed by atoms with Gasteiger partial charge in [0.15, 0.2) is 0 Å². The molecule has 0 aliphatic carbocycles. The number of fused-ring (bicyclic) bond motifs is 1. The van der Waals surface area contributed by atoms with Crippen LogP contribution in [0.25, 0.3) is 10.1 Å². The molecule has 1 atom stereocenters. The zero-order valence-corrected chi connectivity index (χ0v) is 13.2. The van der Waals surface area contributed by atoms with Crippen molar-refractivity contribution in [3.63, 3.8) is 0 Å². The molecule has 2 aromatic carbocycles. The van der Waals surface area contributed by atoms with Crippen molar-refractivity contribution >= 4 is 21.4 Å². The fourth-order valence-corrected chi connectivity index (χ4v) is 3.62. The van der Waals surface area contributed by atoms with Crippen LogP contribution in [-0.4, -0.2) is 6.54 Å². The monoisotopic (exact) mass is 295 g/mol. The molecule has 1 nitrogen and oxygen atoms in total. The number of hydrogen-bond donors (Lipinski definition) is 1. The molecule has 1 heterocycles. The first kappa shape index (κ1) is 14.3. The molecule has 0 bridgehead atoms. The first-order valence-electron chi connectivity index (χ1n) is 7.55. The molecule has 0 spiro atoms. The molecule has 1 N–H and O–H groups in total. The highest BCUT2D eigenvalue weighted by atomic mass is 32.1. The Morgan fingerprint density at radius 3 is 2.62 bits per heavy atom. The van der Waals surface area contributed by atoms with Crippen LogP contribution in [0.1, 0.15) is 30.4 Å². The van der Waals surface area contributed by atoms with E-state index in [0.717, 1.165) is 13.1 Å². The predicted molar refractivity (Wildman–Crippen MR) is 93.0 cm³/mol. The SMILES string of the molecule is CC(CCNCc1csc2ccccc12)c1ccccc1. The second-order valence-corrected chi connectivity index (χ2v) is 6.45. The van der Waals surface area contributed by atoms with E-state index < -0.39 is 0 Å². The maximum absolute atomic E-state index is 3.59. The summed E-state index contributed by atoms with van der Waals surface area (Å²) in [7, 11) is 0. The number of rotatable bonds is 6. The van der Waals surface area contributed by atoms with Crippen LogP contribution in [0.15, 0.2) is 60.0 Å². The van der Waals surface area contributed by atoms with E-state index in [1.54, 1.807) is 0 Å². The summed E-state index contributed by atoms with van der Waals surface area (Å²) < 4.78 is 1.38. The normalized spacial score (nSPS) is 12.6. The van der Waals surface area contributed by atoms with Gasteiger partial charge in [0, 0.05) is 11.2 Å². The van der Waals surface area contributed by atoms with Gasteiger partial charge in [-0.2, -0.15) is 0 Å². The van der Waals surface area contributed by atoms with Crippen LogP contribution in [0.3, 0.4) is 0 Å². The fourth-order valence-electron chi connectivity index (χ4n) is 2.66. The van der Waals surface area contributed by atoms with Crippen molar-refractivity contribution in [2.24, 2.45) is 0 Å². The topological polar surface area (TPSA) is 12.0 Å². The molecule has 3 rings (SSSR count). The first-order valence-corrected chi connectivity index (χ1v) is 8.43. The smallest absolute Gasteiger partial charge is 0.0346 e. The second-order valence-electron chi connectivity index (χ2n) is 5.53. The number of nitrogens with one attached hydrogen (secondary N) is 1. The maximum atomic E-state index is 3.59. The largest absolute Gasteiger partial charge is 0.313 e. The minimum absolute atomic E-state index is 0.609. The van der Waals surface area contributed by atoms with Gasteiger partial charge in [-0.25, -0.2) is 0 Å². The van der Waals surface area contributed by atoms with E-state index >= 15 is 0 Å². The number of hydrogen-bond acceptors (Lipinski definition) is 2. The summed E-state index contributed by atoms with van der Waals surface area (Å²) in [6.07, 6.45) is 1.17. The van der Waals surface area contributed by atoms with Crippen molar-refractivity contribution in [3.8, 4) is 0 Å². The van der Waals surface area contributed by atoms with Gasteiger partial charge in [0.25, 0.3) is 0 Å². The van der Waals surface area contributed by atoms with Gasteiger partial charge in [-0.15, -0.1) is 11.3 Å². The quantitative estimate of drug-likeness (QED) is 0.617. The summed E-state index contributed by atoms with van der Waals surface area (Å²) in [5.74, 6) is 0.609. The van der Waals surface area contributed by atoms with Crippen LogP contribution in [0, 0.1) is 0 Å². The van der Waals surface area contributed by atoms with E-state index in [9.17, 15) is 0 Å². The van der Waals surface area contributed by atoms with E-state index in [1.807, 2.05) is 11.3 Å². The van der Waals surface area contributed by atoms with Gasteiger partial charge in [-0.05, 0) is 46.8 Å². The lowest BCUT2D eigenvalue weighted by atomic mass is 9.98. The lowest BCUT2D eigenvalue weighted by Gasteiger charge is -2.12. The third-order valence-corrected chi connectivity index (χ3v) is 5.01. The molecule has 1 unspecified atom stereocenters. The molecule has 3 aromatic rings. The Morgan fingerprint density at radius 1 is 1.00 bits per heavy atom. The Labute approximate surface area is 130 Å². The average Bonchev–Trinajstić information content (AvgIpc) is 2.95. The van der Waals surface area contributed by atoms with E-state index in [0.29, 0.717) is 5.92 Å². The first-order chi connectivity index (χ1) is 10.3. The third-order valence-electron chi connectivity index (χ3n) is 4.00. The summed E-state index contributed by atoms with van der Waals surface area (Å²) in [4.78, 5) is 0. The van der Waals surface area contributed by atoms with Crippen LogP contribution in [0.2, 0.25) is 0 Å². The molecule has 0 saturated carbocycles. The molecule has 0 aliphatic rings. The van der Waals surface area contributed by atoms with Crippen molar-refractivity contribution in [3.05, 3.63) is 71.1 Å². The number of thiophene rings is 1. The Balaban J connectivity index is 1.50. The molecule has 0 fully saturated rings. The molecular weight excluding hydrogens is 274 g/mol. The van der Waals surface area contributed by atoms with Gasteiger partial charge in [0.1, 0.15) is 0 Å². The highest BCUT2D eigenvalue weighted by Crippen LogP contribution is 2.25. The molecule has 0 aliphatic heterocycles.